The lowest BCUT2D eigenvalue weighted by Gasteiger charge is -2.29. The molecular weight excluding hydrogens is 250 g/mol. The summed E-state index contributed by atoms with van der Waals surface area (Å²) < 4.78 is 0. The fraction of sp³-hybridized carbons (Fsp3) is 0.538. The van der Waals surface area contributed by atoms with Crippen LogP contribution in [0.2, 0.25) is 5.15 Å². The van der Waals surface area contributed by atoms with Crippen molar-refractivity contribution in [3.63, 3.8) is 0 Å². The molecule has 2 heterocycles. The first kappa shape index (κ1) is 13.5. The molecule has 0 unspecified atom stereocenters. The molecule has 98 valence electrons. The van der Waals surface area contributed by atoms with Gasteiger partial charge in [-0.05, 0) is 38.1 Å². The van der Waals surface area contributed by atoms with Gasteiger partial charge in [0.25, 0.3) is 0 Å². The Bertz CT molecular complexity index is 399. The number of nitrogens with zero attached hydrogens (tertiary/aromatic N) is 2. The van der Waals surface area contributed by atoms with Gasteiger partial charge in [-0.15, -0.1) is 0 Å². The summed E-state index contributed by atoms with van der Waals surface area (Å²) in [6, 6.07) is 3.70. The Hall–Kier alpha value is -0.970. The second-order valence-corrected chi connectivity index (χ2v) is 5.11. The smallest absolute Gasteiger partial charge is 0.165 e. The van der Waals surface area contributed by atoms with Gasteiger partial charge in [0.1, 0.15) is 5.15 Å². The topological polar surface area (TPSA) is 59.2 Å². The van der Waals surface area contributed by atoms with E-state index < -0.39 is 0 Å². The van der Waals surface area contributed by atoms with E-state index in [9.17, 15) is 4.79 Å². The fourth-order valence-corrected chi connectivity index (χ4v) is 2.23. The number of Topliss-reactive ketones (excluding diaryl/α,β-unsaturated/α-hetero) is 1. The molecule has 0 radical (unpaired) electrons. The molecule has 0 bridgehead atoms. The van der Waals surface area contributed by atoms with Crippen LogP contribution in [0, 0.1) is 0 Å². The van der Waals surface area contributed by atoms with Crippen molar-refractivity contribution < 1.29 is 4.79 Å². The number of piperidine rings is 1. The molecule has 1 fully saturated rings. The lowest BCUT2D eigenvalue weighted by Crippen LogP contribution is -2.40. The molecule has 1 aliphatic heterocycles. The third-order valence-corrected chi connectivity index (χ3v) is 3.56. The second-order valence-electron chi connectivity index (χ2n) is 4.72. The van der Waals surface area contributed by atoms with E-state index in [-0.39, 0.29) is 5.78 Å². The molecule has 1 aromatic rings. The van der Waals surface area contributed by atoms with Gasteiger partial charge in [0.15, 0.2) is 5.78 Å². The van der Waals surface area contributed by atoms with Crippen molar-refractivity contribution >= 4 is 17.4 Å². The highest BCUT2D eigenvalue weighted by atomic mass is 35.5. The average molecular weight is 268 g/mol. The van der Waals surface area contributed by atoms with Crippen molar-refractivity contribution in [2.45, 2.75) is 25.3 Å². The summed E-state index contributed by atoms with van der Waals surface area (Å²) in [7, 11) is 0. The molecule has 1 aliphatic rings. The predicted molar refractivity (Wildman–Crippen MR) is 71.8 cm³/mol. The Labute approximate surface area is 112 Å². The first-order valence-electron chi connectivity index (χ1n) is 6.28. The molecule has 1 saturated heterocycles. The zero-order chi connectivity index (χ0) is 13.0. The SMILES string of the molecule is NC1CCN(CCC(=O)c2ccc(Cl)nc2)CC1. The summed E-state index contributed by atoms with van der Waals surface area (Å²) in [6.07, 6.45) is 4.11. The normalized spacial score (nSPS) is 17.9. The number of halogens is 1. The lowest BCUT2D eigenvalue weighted by atomic mass is 10.1. The summed E-state index contributed by atoms with van der Waals surface area (Å²) >= 11 is 5.69. The quantitative estimate of drug-likeness (QED) is 0.667. The van der Waals surface area contributed by atoms with E-state index in [4.69, 9.17) is 17.3 Å². The van der Waals surface area contributed by atoms with Gasteiger partial charge in [0, 0.05) is 30.8 Å². The fourth-order valence-electron chi connectivity index (χ4n) is 2.12. The first-order chi connectivity index (χ1) is 8.65. The van der Waals surface area contributed by atoms with E-state index >= 15 is 0 Å². The maximum absolute atomic E-state index is 11.9. The Balaban J connectivity index is 1.79. The monoisotopic (exact) mass is 267 g/mol. The molecule has 18 heavy (non-hydrogen) atoms. The maximum atomic E-state index is 11.9. The second kappa shape index (κ2) is 6.27. The standard InChI is InChI=1S/C13H18ClN3O/c14-13-2-1-10(9-16-13)12(18)5-8-17-6-3-11(15)4-7-17/h1-2,9,11H,3-8,15H2. The van der Waals surface area contributed by atoms with Crippen LogP contribution in [0.4, 0.5) is 0 Å². The minimum absolute atomic E-state index is 0.119. The number of carbonyl (C=O) groups excluding carboxylic acids is 1. The molecule has 0 saturated carbocycles. The predicted octanol–water partition coefficient (Wildman–Crippen LogP) is 1.73. The zero-order valence-electron chi connectivity index (χ0n) is 10.3. The van der Waals surface area contributed by atoms with Crippen molar-refractivity contribution in [3.8, 4) is 0 Å². The summed E-state index contributed by atoms with van der Waals surface area (Å²) in [4.78, 5) is 18.1. The lowest BCUT2D eigenvalue weighted by molar-refractivity contribution is 0.0956. The number of likely N-dealkylation sites (tertiary alicyclic amines) is 1. The largest absolute Gasteiger partial charge is 0.328 e. The van der Waals surface area contributed by atoms with Gasteiger partial charge in [-0.3, -0.25) is 4.79 Å². The number of nitrogens with two attached hydrogens (primary N) is 1. The molecule has 1 aromatic heterocycles. The van der Waals surface area contributed by atoms with Gasteiger partial charge in [-0.1, -0.05) is 11.6 Å². The number of rotatable bonds is 4. The van der Waals surface area contributed by atoms with Gasteiger partial charge in [-0.2, -0.15) is 0 Å². The van der Waals surface area contributed by atoms with Crippen LogP contribution < -0.4 is 5.73 Å². The molecular formula is C13H18ClN3O. The van der Waals surface area contributed by atoms with Gasteiger partial charge in [-0.25, -0.2) is 4.98 Å². The van der Waals surface area contributed by atoms with Crippen LogP contribution in [0.3, 0.4) is 0 Å². The molecule has 4 nitrogen and oxygen atoms in total. The average Bonchev–Trinajstić information content (AvgIpc) is 2.38. The highest BCUT2D eigenvalue weighted by Gasteiger charge is 2.16. The molecule has 0 aliphatic carbocycles. The third kappa shape index (κ3) is 3.77. The van der Waals surface area contributed by atoms with Crippen molar-refractivity contribution in [3.05, 3.63) is 29.0 Å². The number of pyridine rings is 1. The number of aromatic nitrogens is 1. The Morgan fingerprint density at radius 3 is 2.78 bits per heavy atom. The van der Waals surface area contributed by atoms with E-state index in [1.54, 1.807) is 12.1 Å². The van der Waals surface area contributed by atoms with Crippen LogP contribution in [0.15, 0.2) is 18.3 Å². The van der Waals surface area contributed by atoms with E-state index in [1.165, 1.54) is 6.20 Å². The Kier molecular flexibility index (Phi) is 4.69. The van der Waals surface area contributed by atoms with Crippen LogP contribution in [0.5, 0.6) is 0 Å². The zero-order valence-corrected chi connectivity index (χ0v) is 11.1. The molecule has 0 aromatic carbocycles. The van der Waals surface area contributed by atoms with Gasteiger partial charge < -0.3 is 10.6 Å². The molecule has 2 rings (SSSR count). The third-order valence-electron chi connectivity index (χ3n) is 3.34. The van der Waals surface area contributed by atoms with E-state index in [0.717, 1.165) is 32.5 Å². The Morgan fingerprint density at radius 1 is 1.44 bits per heavy atom. The highest BCUT2D eigenvalue weighted by molar-refractivity contribution is 6.29. The first-order valence-corrected chi connectivity index (χ1v) is 6.65. The number of ketones is 1. The van der Waals surface area contributed by atoms with Crippen molar-refractivity contribution in [1.29, 1.82) is 0 Å². The number of hydrogen-bond acceptors (Lipinski definition) is 4. The van der Waals surface area contributed by atoms with Gasteiger partial charge >= 0.3 is 0 Å². The summed E-state index contributed by atoms with van der Waals surface area (Å²) in [5.41, 5.74) is 6.48. The van der Waals surface area contributed by atoms with Gasteiger partial charge in [0.2, 0.25) is 0 Å². The van der Waals surface area contributed by atoms with E-state index in [1.807, 2.05) is 0 Å². The summed E-state index contributed by atoms with van der Waals surface area (Å²) in [5.74, 6) is 0.119. The van der Waals surface area contributed by atoms with Crippen LogP contribution in [0.25, 0.3) is 0 Å². The summed E-state index contributed by atoms with van der Waals surface area (Å²) in [6.45, 7) is 2.79. The number of hydrogen-bond donors (Lipinski definition) is 1. The highest BCUT2D eigenvalue weighted by Crippen LogP contribution is 2.11. The minimum atomic E-state index is 0.119. The molecule has 0 amide bonds. The maximum Gasteiger partial charge on any atom is 0.165 e. The van der Waals surface area contributed by atoms with E-state index in [2.05, 4.69) is 9.88 Å². The van der Waals surface area contributed by atoms with Crippen LogP contribution >= 0.6 is 11.6 Å². The Morgan fingerprint density at radius 2 is 2.17 bits per heavy atom. The van der Waals surface area contributed by atoms with Crippen LogP contribution in [-0.2, 0) is 0 Å². The molecule has 2 N–H and O–H groups in total. The van der Waals surface area contributed by atoms with Gasteiger partial charge in [0.05, 0.1) is 0 Å². The molecule has 5 heteroatoms. The molecule has 0 spiro atoms. The van der Waals surface area contributed by atoms with Crippen molar-refractivity contribution in [2.75, 3.05) is 19.6 Å². The van der Waals surface area contributed by atoms with Crippen LogP contribution in [-0.4, -0.2) is 41.3 Å². The van der Waals surface area contributed by atoms with Crippen molar-refractivity contribution in [2.24, 2.45) is 5.73 Å². The van der Waals surface area contributed by atoms with Crippen molar-refractivity contribution in [1.82, 2.24) is 9.88 Å². The van der Waals surface area contributed by atoms with E-state index in [0.29, 0.717) is 23.2 Å². The number of carbonyl (C=O) groups is 1. The minimum Gasteiger partial charge on any atom is -0.328 e. The molecule has 0 atom stereocenters. The summed E-state index contributed by atoms with van der Waals surface area (Å²) in [5, 5.41) is 0.413. The van der Waals surface area contributed by atoms with Crippen LogP contribution in [0.1, 0.15) is 29.6 Å².